The average molecular weight is 616 g/mol. The molecule has 232 valence electrons. The quantitative estimate of drug-likeness (QED) is 0.126. The highest BCUT2D eigenvalue weighted by molar-refractivity contribution is 6.39. The molecule has 45 heavy (non-hydrogen) atoms. The number of aromatic amines is 1. The third-order valence-corrected chi connectivity index (χ3v) is 9.03. The summed E-state index contributed by atoms with van der Waals surface area (Å²) in [6.07, 6.45) is -4.89. The van der Waals surface area contributed by atoms with Crippen molar-refractivity contribution in [1.29, 1.82) is 0 Å². The second kappa shape index (κ2) is 9.90. The molecular formula is C31H29N5O9. The van der Waals surface area contributed by atoms with Gasteiger partial charge in [-0.2, -0.15) is 0 Å². The van der Waals surface area contributed by atoms with Crippen molar-refractivity contribution in [3.05, 3.63) is 59.3 Å². The fourth-order valence-corrected chi connectivity index (χ4v) is 6.97. The lowest BCUT2D eigenvalue weighted by Crippen LogP contribution is -2.56. The predicted molar refractivity (Wildman–Crippen MR) is 160 cm³/mol. The van der Waals surface area contributed by atoms with Gasteiger partial charge >= 0.3 is 0 Å². The van der Waals surface area contributed by atoms with Crippen molar-refractivity contribution < 1.29 is 45.0 Å². The third-order valence-electron chi connectivity index (χ3n) is 9.03. The summed E-state index contributed by atoms with van der Waals surface area (Å²) >= 11 is 0. The Bertz CT molecular complexity index is 2120. The number of benzene rings is 3. The molecule has 14 nitrogen and oxygen atoms in total. The van der Waals surface area contributed by atoms with Crippen LogP contribution in [0.1, 0.15) is 33.4 Å². The number of nitrogens with zero attached hydrogens (tertiary/aromatic N) is 2. The van der Waals surface area contributed by atoms with Gasteiger partial charge in [0, 0.05) is 45.9 Å². The third kappa shape index (κ3) is 3.84. The fraction of sp³-hybridized carbons (Fsp3) is 0.290. The zero-order valence-corrected chi connectivity index (χ0v) is 23.6. The number of H-pyrrole nitrogens is 1. The number of nitrogens with one attached hydrogen (secondary N) is 3. The van der Waals surface area contributed by atoms with Gasteiger partial charge in [0.05, 0.1) is 46.3 Å². The van der Waals surface area contributed by atoms with Gasteiger partial charge in [0.15, 0.2) is 6.23 Å². The number of hydrogen-bond acceptors (Lipinski definition) is 11. The Morgan fingerprint density at radius 2 is 1.62 bits per heavy atom. The van der Waals surface area contributed by atoms with Crippen LogP contribution in [0, 0.1) is 0 Å². The highest BCUT2D eigenvalue weighted by atomic mass is 16.6. The average Bonchev–Trinajstić information content (AvgIpc) is 3.79. The maximum Gasteiger partial charge on any atom is 0.276 e. The number of rotatable bonds is 5. The van der Waals surface area contributed by atoms with E-state index in [9.17, 15) is 40.2 Å². The van der Waals surface area contributed by atoms with E-state index in [-0.39, 0.29) is 34.7 Å². The van der Waals surface area contributed by atoms with Crippen LogP contribution in [0.2, 0.25) is 0 Å². The minimum absolute atomic E-state index is 0.0376. The van der Waals surface area contributed by atoms with Crippen molar-refractivity contribution in [1.82, 2.24) is 25.3 Å². The molecule has 0 saturated carbocycles. The van der Waals surface area contributed by atoms with Gasteiger partial charge in [-0.05, 0) is 30.7 Å². The predicted octanol–water partition coefficient (Wildman–Crippen LogP) is 0.790. The van der Waals surface area contributed by atoms with Crippen LogP contribution in [0.15, 0.2) is 48.2 Å². The highest BCUT2D eigenvalue weighted by Gasteiger charge is 2.47. The molecule has 8 rings (SSSR count). The SMILES string of the molecule is O=C1c2c(c3c4ccc(O)cc4n(C4OC(CO)C(O)C(O)C4O)c3c3[nH]c4cc(O)ccc4c23)C(=O)N1NCC1=CCCN1. The number of aliphatic hydroxyl groups is 4. The summed E-state index contributed by atoms with van der Waals surface area (Å²) in [7, 11) is 0. The first-order chi connectivity index (χ1) is 21.7. The molecule has 14 heteroatoms. The van der Waals surface area contributed by atoms with Gasteiger partial charge < -0.3 is 50.2 Å². The summed E-state index contributed by atoms with van der Waals surface area (Å²) in [6.45, 7) is 0.298. The van der Waals surface area contributed by atoms with Crippen LogP contribution in [0.3, 0.4) is 0 Å². The molecule has 5 heterocycles. The number of hydrazine groups is 1. The summed E-state index contributed by atoms with van der Waals surface area (Å²) < 4.78 is 7.48. The smallest absolute Gasteiger partial charge is 0.276 e. The second-order valence-corrected chi connectivity index (χ2v) is 11.6. The van der Waals surface area contributed by atoms with Crippen LogP contribution in [0.4, 0.5) is 0 Å². The first-order valence-corrected chi connectivity index (χ1v) is 14.5. The molecule has 0 aliphatic carbocycles. The van der Waals surface area contributed by atoms with E-state index in [0.717, 1.165) is 23.7 Å². The molecule has 3 aliphatic rings. The Morgan fingerprint density at radius 1 is 0.911 bits per heavy atom. The largest absolute Gasteiger partial charge is 0.508 e. The molecule has 2 amide bonds. The topological polar surface area (TPSA) is 213 Å². The van der Waals surface area contributed by atoms with E-state index in [1.807, 2.05) is 6.08 Å². The zero-order valence-electron chi connectivity index (χ0n) is 23.6. The van der Waals surface area contributed by atoms with Crippen LogP contribution in [0.5, 0.6) is 11.5 Å². The summed E-state index contributed by atoms with van der Waals surface area (Å²) in [5.41, 5.74) is 5.42. The molecule has 0 bridgehead atoms. The van der Waals surface area contributed by atoms with Gasteiger partial charge in [-0.1, -0.05) is 6.08 Å². The van der Waals surface area contributed by atoms with Crippen molar-refractivity contribution in [2.24, 2.45) is 0 Å². The number of hydrogen-bond donors (Lipinski definition) is 9. The number of aromatic nitrogens is 2. The minimum Gasteiger partial charge on any atom is -0.508 e. The second-order valence-electron chi connectivity index (χ2n) is 11.6. The van der Waals surface area contributed by atoms with Crippen molar-refractivity contribution in [2.75, 3.05) is 19.7 Å². The molecule has 9 N–H and O–H groups in total. The first-order valence-electron chi connectivity index (χ1n) is 14.5. The summed E-state index contributed by atoms with van der Waals surface area (Å²) in [4.78, 5) is 31.6. The van der Waals surface area contributed by atoms with E-state index in [1.54, 1.807) is 12.1 Å². The van der Waals surface area contributed by atoms with Gasteiger partial charge in [-0.15, -0.1) is 0 Å². The number of imide groups is 1. The molecule has 5 atom stereocenters. The molecular weight excluding hydrogens is 586 g/mol. The maximum atomic E-state index is 14.2. The van der Waals surface area contributed by atoms with Gasteiger partial charge in [0.2, 0.25) is 0 Å². The lowest BCUT2D eigenvalue weighted by Gasteiger charge is -2.41. The number of carbonyl (C=O) groups is 2. The van der Waals surface area contributed by atoms with Crippen LogP contribution < -0.4 is 10.7 Å². The monoisotopic (exact) mass is 615 g/mol. The van der Waals surface area contributed by atoms with Gasteiger partial charge in [-0.3, -0.25) is 9.59 Å². The number of phenolic OH excluding ortho intramolecular Hbond substituents is 2. The molecule has 1 saturated heterocycles. The molecule has 3 aromatic carbocycles. The molecule has 5 aromatic rings. The van der Waals surface area contributed by atoms with E-state index in [2.05, 4.69) is 15.7 Å². The number of carbonyl (C=O) groups excluding carboxylic acids is 2. The molecule has 3 aliphatic heterocycles. The lowest BCUT2D eigenvalue weighted by molar-refractivity contribution is -0.249. The Hall–Kier alpha value is -4.70. The first kappa shape index (κ1) is 27.8. The van der Waals surface area contributed by atoms with E-state index < -0.39 is 49.1 Å². The standard InChI is InChI=1S/C31H29N5O9/c37-11-19-26(40)27(41)28(42)31(45-19)35-18-9-14(39)4-6-16(18)21-23-22(29(43)36(30(23)44)33-10-12-2-1-7-32-12)20-15-5-3-13(38)8-17(15)34-24(20)25(21)35/h2-6,8-9,19,26-28,31-34,37-42H,1,7,10-11H2. The maximum absolute atomic E-state index is 14.2. The molecule has 2 aromatic heterocycles. The van der Waals surface area contributed by atoms with Crippen LogP contribution in [-0.4, -0.2) is 101 Å². The fourth-order valence-electron chi connectivity index (χ4n) is 6.97. The van der Waals surface area contributed by atoms with E-state index in [1.165, 1.54) is 28.8 Å². The number of aromatic hydroxyl groups is 2. The summed E-state index contributed by atoms with van der Waals surface area (Å²) in [6, 6.07) is 8.98. The Labute approximate surface area is 253 Å². The number of phenols is 2. The normalized spacial score (nSPS) is 25.2. The Balaban J connectivity index is 1.48. The Kier molecular flexibility index (Phi) is 6.12. The van der Waals surface area contributed by atoms with Crippen molar-refractivity contribution in [2.45, 2.75) is 37.1 Å². The van der Waals surface area contributed by atoms with Gasteiger partial charge in [0.1, 0.15) is 35.9 Å². The molecule has 0 radical (unpaired) electrons. The highest BCUT2D eigenvalue weighted by Crippen LogP contribution is 2.47. The van der Waals surface area contributed by atoms with Crippen LogP contribution in [0.25, 0.3) is 43.6 Å². The zero-order chi connectivity index (χ0) is 31.3. The molecule has 0 spiro atoms. The summed E-state index contributed by atoms with van der Waals surface area (Å²) in [5.74, 6) is -1.38. The van der Waals surface area contributed by atoms with Crippen LogP contribution >= 0.6 is 0 Å². The minimum atomic E-state index is -1.71. The van der Waals surface area contributed by atoms with Gasteiger partial charge in [-0.25, -0.2) is 10.4 Å². The van der Waals surface area contributed by atoms with E-state index in [4.69, 9.17) is 4.74 Å². The molecule has 5 unspecified atom stereocenters. The van der Waals surface area contributed by atoms with Gasteiger partial charge in [0.25, 0.3) is 11.8 Å². The van der Waals surface area contributed by atoms with E-state index in [0.29, 0.717) is 38.1 Å². The van der Waals surface area contributed by atoms with Crippen molar-refractivity contribution in [3.63, 3.8) is 0 Å². The van der Waals surface area contributed by atoms with Crippen LogP contribution in [-0.2, 0) is 4.74 Å². The number of aliphatic hydroxyl groups excluding tert-OH is 4. The number of fused-ring (bicyclic) bond motifs is 10. The Morgan fingerprint density at radius 3 is 2.33 bits per heavy atom. The lowest BCUT2D eigenvalue weighted by atomic mass is 9.96. The summed E-state index contributed by atoms with van der Waals surface area (Å²) in [5, 5.41) is 69.1. The number of ether oxygens (including phenoxy) is 1. The van der Waals surface area contributed by atoms with E-state index >= 15 is 0 Å². The molecule has 1 fully saturated rings. The number of amides is 2. The van der Waals surface area contributed by atoms with Crippen molar-refractivity contribution >= 4 is 55.4 Å². The van der Waals surface area contributed by atoms with Crippen molar-refractivity contribution in [3.8, 4) is 11.5 Å².